The van der Waals surface area contributed by atoms with Crippen LogP contribution in [0.25, 0.3) is 0 Å². The Morgan fingerprint density at radius 3 is 2.52 bits per heavy atom. The molecule has 3 aromatic rings. The summed E-state index contributed by atoms with van der Waals surface area (Å²) in [6, 6.07) is 20.2. The second kappa shape index (κ2) is 9.49. The average molecular weight is 418 g/mol. The normalized spacial score (nSPS) is 13.6. The van der Waals surface area contributed by atoms with Gasteiger partial charge in [-0.25, -0.2) is 4.98 Å². The first kappa shape index (κ1) is 20.7. The fraction of sp³-hybridized carbons (Fsp3) is 0.250. The second-order valence-electron chi connectivity index (χ2n) is 7.47. The van der Waals surface area contributed by atoms with E-state index in [1.54, 1.807) is 0 Å². The highest BCUT2D eigenvalue weighted by atomic mass is 16.5. The largest absolute Gasteiger partial charge is 0.380 e. The minimum Gasteiger partial charge on any atom is -0.380 e. The van der Waals surface area contributed by atoms with Gasteiger partial charge in [-0.15, -0.1) is 0 Å². The number of nitrogens with two attached hydrogens (primary N) is 1. The zero-order valence-electron chi connectivity index (χ0n) is 17.6. The van der Waals surface area contributed by atoms with Gasteiger partial charge < -0.3 is 25.6 Å². The SMILES string of the molecule is CN(c1ccc(N2CCOCC2)cc1)c1cc(NCc2ccccc2)c(C(N)=O)cn1. The van der Waals surface area contributed by atoms with Gasteiger partial charge in [0.05, 0.1) is 24.5 Å². The lowest BCUT2D eigenvalue weighted by Gasteiger charge is -2.29. The van der Waals surface area contributed by atoms with Gasteiger partial charge in [-0.3, -0.25) is 4.79 Å². The van der Waals surface area contributed by atoms with Gasteiger partial charge >= 0.3 is 0 Å². The number of primary amides is 1. The third-order valence-corrected chi connectivity index (χ3v) is 5.44. The number of carbonyl (C=O) groups excluding carboxylic acids is 1. The Labute approximate surface area is 182 Å². The van der Waals surface area contributed by atoms with Crippen molar-refractivity contribution in [2.45, 2.75) is 6.54 Å². The molecule has 4 rings (SSSR count). The van der Waals surface area contributed by atoms with E-state index in [0.717, 1.165) is 43.4 Å². The van der Waals surface area contributed by atoms with Crippen LogP contribution in [0.2, 0.25) is 0 Å². The molecule has 1 amide bonds. The number of rotatable bonds is 7. The lowest BCUT2D eigenvalue weighted by Crippen LogP contribution is -2.36. The molecule has 0 saturated carbocycles. The van der Waals surface area contributed by atoms with Crippen LogP contribution in [0.1, 0.15) is 15.9 Å². The molecule has 0 unspecified atom stereocenters. The van der Waals surface area contributed by atoms with Gasteiger partial charge in [0.25, 0.3) is 5.91 Å². The van der Waals surface area contributed by atoms with Gasteiger partial charge in [-0.05, 0) is 29.8 Å². The number of hydrogen-bond acceptors (Lipinski definition) is 6. The first-order valence-electron chi connectivity index (χ1n) is 10.4. The number of pyridine rings is 1. The Bertz CT molecular complexity index is 1020. The van der Waals surface area contributed by atoms with Gasteiger partial charge in [0.15, 0.2) is 0 Å². The van der Waals surface area contributed by atoms with Gasteiger partial charge in [0.1, 0.15) is 5.82 Å². The molecule has 2 aromatic carbocycles. The van der Waals surface area contributed by atoms with Crippen LogP contribution in [-0.4, -0.2) is 44.2 Å². The monoisotopic (exact) mass is 417 g/mol. The van der Waals surface area contributed by atoms with E-state index in [4.69, 9.17) is 10.5 Å². The number of amides is 1. The Kier molecular flexibility index (Phi) is 6.33. The Balaban J connectivity index is 1.53. The number of morpholine rings is 1. The molecular formula is C24H27N5O2. The van der Waals surface area contributed by atoms with Crippen molar-refractivity contribution in [1.29, 1.82) is 0 Å². The standard InChI is InChI=1S/C24H27N5O2/c1-28(19-7-9-20(10-8-19)29-11-13-31-14-12-29)23-15-22(21(17-27-23)24(25)30)26-16-18-5-3-2-4-6-18/h2-10,15,17H,11-14,16H2,1H3,(H2,25,30)(H,26,27). The van der Waals surface area contributed by atoms with Crippen molar-refractivity contribution in [3.8, 4) is 0 Å². The molecule has 7 nitrogen and oxygen atoms in total. The van der Waals surface area contributed by atoms with Crippen molar-refractivity contribution in [3.05, 3.63) is 78.0 Å². The summed E-state index contributed by atoms with van der Waals surface area (Å²) in [7, 11) is 1.96. The molecule has 0 atom stereocenters. The predicted molar refractivity (Wildman–Crippen MR) is 124 cm³/mol. The molecule has 1 saturated heterocycles. The molecule has 0 spiro atoms. The molecule has 1 aromatic heterocycles. The quantitative estimate of drug-likeness (QED) is 0.613. The number of nitrogens with one attached hydrogen (secondary N) is 1. The van der Waals surface area contributed by atoms with E-state index in [-0.39, 0.29) is 0 Å². The Morgan fingerprint density at radius 1 is 1.13 bits per heavy atom. The van der Waals surface area contributed by atoms with E-state index >= 15 is 0 Å². The summed E-state index contributed by atoms with van der Waals surface area (Å²) in [5, 5.41) is 3.32. The van der Waals surface area contributed by atoms with E-state index in [1.165, 1.54) is 11.9 Å². The van der Waals surface area contributed by atoms with E-state index in [1.807, 2.05) is 48.3 Å². The van der Waals surface area contributed by atoms with Crippen LogP contribution >= 0.6 is 0 Å². The first-order valence-corrected chi connectivity index (χ1v) is 10.4. The molecule has 31 heavy (non-hydrogen) atoms. The first-order chi connectivity index (χ1) is 15.1. The average Bonchev–Trinajstić information content (AvgIpc) is 2.83. The smallest absolute Gasteiger partial charge is 0.252 e. The van der Waals surface area contributed by atoms with Crippen LogP contribution in [0, 0.1) is 0 Å². The highest BCUT2D eigenvalue weighted by Crippen LogP contribution is 2.28. The van der Waals surface area contributed by atoms with E-state index in [0.29, 0.717) is 17.8 Å². The highest BCUT2D eigenvalue weighted by Gasteiger charge is 2.15. The topological polar surface area (TPSA) is 83.7 Å². The number of aromatic nitrogens is 1. The number of carbonyl (C=O) groups is 1. The van der Waals surface area contributed by atoms with Crippen LogP contribution < -0.4 is 20.9 Å². The number of anilines is 4. The summed E-state index contributed by atoms with van der Waals surface area (Å²) in [5.74, 6) is 0.215. The molecule has 1 aliphatic heterocycles. The van der Waals surface area contributed by atoms with Crippen molar-refractivity contribution in [3.63, 3.8) is 0 Å². The summed E-state index contributed by atoms with van der Waals surface area (Å²) < 4.78 is 5.43. The molecule has 1 aliphatic rings. The maximum absolute atomic E-state index is 11.9. The van der Waals surface area contributed by atoms with Gasteiger partial charge in [-0.2, -0.15) is 0 Å². The van der Waals surface area contributed by atoms with Crippen LogP contribution in [-0.2, 0) is 11.3 Å². The van der Waals surface area contributed by atoms with Crippen LogP contribution in [0.5, 0.6) is 0 Å². The van der Waals surface area contributed by atoms with E-state index in [9.17, 15) is 4.79 Å². The van der Waals surface area contributed by atoms with Crippen molar-refractivity contribution in [2.24, 2.45) is 5.73 Å². The Morgan fingerprint density at radius 2 is 1.84 bits per heavy atom. The minimum absolute atomic E-state index is 0.371. The number of ether oxygens (including phenoxy) is 1. The molecule has 2 heterocycles. The summed E-state index contributed by atoms with van der Waals surface area (Å²) in [6.45, 7) is 3.92. The third kappa shape index (κ3) is 4.95. The van der Waals surface area contributed by atoms with Crippen LogP contribution in [0.4, 0.5) is 22.9 Å². The molecule has 0 radical (unpaired) electrons. The van der Waals surface area contributed by atoms with Crippen molar-refractivity contribution < 1.29 is 9.53 Å². The maximum Gasteiger partial charge on any atom is 0.252 e. The summed E-state index contributed by atoms with van der Waals surface area (Å²) >= 11 is 0. The van der Waals surface area contributed by atoms with E-state index in [2.05, 4.69) is 39.5 Å². The summed E-state index contributed by atoms with van der Waals surface area (Å²) in [5.41, 5.74) is 9.90. The predicted octanol–water partition coefficient (Wildman–Crippen LogP) is 3.40. The fourth-order valence-electron chi connectivity index (χ4n) is 3.60. The number of hydrogen-bond donors (Lipinski definition) is 2. The molecule has 1 fully saturated rings. The highest BCUT2D eigenvalue weighted by molar-refractivity contribution is 5.98. The van der Waals surface area contributed by atoms with Crippen molar-refractivity contribution >= 4 is 28.8 Å². The summed E-state index contributed by atoms with van der Waals surface area (Å²) in [4.78, 5) is 20.7. The molecule has 0 bridgehead atoms. The van der Waals surface area contributed by atoms with Crippen molar-refractivity contribution in [2.75, 3.05) is 48.5 Å². The van der Waals surface area contributed by atoms with Crippen LogP contribution in [0.15, 0.2) is 66.9 Å². The number of benzene rings is 2. The minimum atomic E-state index is -0.507. The van der Waals surface area contributed by atoms with Crippen LogP contribution in [0.3, 0.4) is 0 Å². The third-order valence-electron chi connectivity index (χ3n) is 5.44. The van der Waals surface area contributed by atoms with Gasteiger partial charge in [0.2, 0.25) is 0 Å². The van der Waals surface area contributed by atoms with Gasteiger partial charge in [0, 0.05) is 50.3 Å². The maximum atomic E-state index is 11.9. The zero-order valence-corrected chi connectivity index (χ0v) is 17.6. The molecule has 3 N–H and O–H groups in total. The van der Waals surface area contributed by atoms with E-state index < -0.39 is 5.91 Å². The number of nitrogens with zero attached hydrogens (tertiary/aromatic N) is 3. The molecule has 160 valence electrons. The van der Waals surface area contributed by atoms with Crippen molar-refractivity contribution in [1.82, 2.24) is 4.98 Å². The molecular weight excluding hydrogens is 390 g/mol. The van der Waals surface area contributed by atoms with Gasteiger partial charge in [-0.1, -0.05) is 30.3 Å². The summed E-state index contributed by atoms with van der Waals surface area (Å²) in [6.07, 6.45) is 1.53. The second-order valence-corrected chi connectivity index (χ2v) is 7.47. The lowest BCUT2D eigenvalue weighted by atomic mass is 10.1. The molecule has 7 heteroatoms. The fourth-order valence-corrected chi connectivity index (χ4v) is 3.60. The molecule has 0 aliphatic carbocycles. The lowest BCUT2D eigenvalue weighted by molar-refractivity contribution is 0.100. The zero-order chi connectivity index (χ0) is 21.6. The Hall–Kier alpha value is -3.58.